The minimum absolute atomic E-state index is 0.123. The van der Waals surface area contributed by atoms with Crippen molar-refractivity contribution in [2.75, 3.05) is 14.2 Å². The van der Waals surface area contributed by atoms with Crippen LogP contribution in [-0.4, -0.2) is 40.3 Å². The standard InChI is InChI=1S/C19H15N3O6S2/c1-27-14-6-3-11(4-7-14)17(23)20-21-18(24)16(30-19(21)29)10-12-9-13(22(25)26)5-8-15(12)28-2/h3-10H,1-2H3,(H,20,23)/b16-10+. The fourth-order valence-corrected chi connectivity index (χ4v) is 3.73. The van der Waals surface area contributed by atoms with Crippen LogP contribution in [0.15, 0.2) is 47.4 Å². The van der Waals surface area contributed by atoms with Crippen LogP contribution in [0.3, 0.4) is 0 Å². The maximum atomic E-state index is 12.7. The van der Waals surface area contributed by atoms with Gasteiger partial charge in [0, 0.05) is 23.3 Å². The molecule has 0 atom stereocenters. The van der Waals surface area contributed by atoms with Crippen LogP contribution in [0.25, 0.3) is 6.08 Å². The first-order chi connectivity index (χ1) is 14.3. The molecule has 0 radical (unpaired) electrons. The van der Waals surface area contributed by atoms with Crippen LogP contribution < -0.4 is 14.9 Å². The Morgan fingerprint density at radius 2 is 1.90 bits per heavy atom. The van der Waals surface area contributed by atoms with Crippen molar-refractivity contribution in [2.45, 2.75) is 0 Å². The number of nitro groups is 1. The van der Waals surface area contributed by atoms with Gasteiger partial charge in [0.05, 0.1) is 24.0 Å². The summed E-state index contributed by atoms with van der Waals surface area (Å²) in [6.07, 6.45) is 1.44. The molecule has 2 aromatic carbocycles. The van der Waals surface area contributed by atoms with E-state index in [2.05, 4.69) is 5.43 Å². The second kappa shape index (κ2) is 8.93. The van der Waals surface area contributed by atoms with Gasteiger partial charge in [0.2, 0.25) is 0 Å². The number of hydrazine groups is 1. The highest BCUT2D eigenvalue weighted by atomic mass is 32.2. The maximum absolute atomic E-state index is 12.7. The van der Waals surface area contributed by atoms with Gasteiger partial charge in [0.15, 0.2) is 4.32 Å². The van der Waals surface area contributed by atoms with Crippen molar-refractivity contribution in [1.29, 1.82) is 0 Å². The molecule has 0 saturated carbocycles. The van der Waals surface area contributed by atoms with Gasteiger partial charge >= 0.3 is 0 Å². The molecule has 2 amide bonds. The minimum atomic E-state index is -0.555. The van der Waals surface area contributed by atoms with E-state index in [4.69, 9.17) is 21.7 Å². The maximum Gasteiger partial charge on any atom is 0.285 e. The first kappa shape index (κ1) is 21.3. The van der Waals surface area contributed by atoms with Crippen molar-refractivity contribution in [2.24, 2.45) is 0 Å². The summed E-state index contributed by atoms with van der Waals surface area (Å²) in [5, 5.41) is 12.0. The zero-order chi connectivity index (χ0) is 21.8. The van der Waals surface area contributed by atoms with Gasteiger partial charge in [-0.05, 0) is 48.6 Å². The highest BCUT2D eigenvalue weighted by Gasteiger charge is 2.34. The minimum Gasteiger partial charge on any atom is -0.497 e. The molecule has 0 unspecified atom stereocenters. The Kier molecular flexibility index (Phi) is 6.33. The lowest BCUT2D eigenvalue weighted by Crippen LogP contribution is -2.44. The number of carbonyl (C=O) groups excluding carboxylic acids is 2. The van der Waals surface area contributed by atoms with Crippen LogP contribution in [0.2, 0.25) is 0 Å². The predicted octanol–water partition coefficient (Wildman–Crippen LogP) is 3.16. The van der Waals surface area contributed by atoms with Gasteiger partial charge in [0.1, 0.15) is 11.5 Å². The summed E-state index contributed by atoms with van der Waals surface area (Å²) < 4.78 is 10.4. The summed E-state index contributed by atoms with van der Waals surface area (Å²) in [4.78, 5) is 35.9. The van der Waals surface area contributed by atoms with Crippen LogP contribution in [-0.2, 0) is 4.79 Å². The summed E-state index contributed by atoms with van der Waals surface area (Å²) in [7, 11) is 2.93. The number of non-ortho nitro benzene ring substituents is 1. The third-order valence-corrected chi connectivity index (χ3v) is 5.37. The van der Waals surface area contributed by atoms with E-state index >= 15 is 0 Å². The van der Waals surface area contributed by atoms with Crippen molar-refractivity contribution < 1.29 is 24.0 Å². The number of hydrogen-bond donors (Lipinski definition) is 1. The average Bonchev–Trinajstić information content (AvgIpc) is 3.01. The van der Waals surface area contributed by atoms with Crippen LogP contribution in [0.1, 0.15) is 15.9 Å². The van der Waals surface area contributed by atoms with E-state index in [-0.39, 0.29) is 14.9 Å². The number of ether oxygens (including phenoxy) is 2. The van der Waals surface area contributed by atoms with Gasteiger partial charge in [-0.25, -0.2) is 0 Å². The molecule has 1 saturated heterocycles. The number of methoxy groups -OCH3 is 2. The molecular weight excluding hydrogens is 430 g/mol. The van der Waals surface area contributed by atoms with Gasteiger partial charge in [-0.15, -0.1) is 0 Å². The number of carbonyl (C=O) groups is 2. The molecule has 9 nitrogen and oxygen atoms in total. The Balaban J connectivity index is 1.83. The lowest BCUT2D eigenvalue weighted by molar-refractivity contribution is -0.384. The van der Waals surface area contributed by atoms with E-state index in [1.807, 2.05) is 0 Å². The second-order valence-corrected chi connectivity index (χ2v) is 7.55. The SMILES string of the molecule is COc1ccc(C(=O)NN2C(=O)/C(=C\c3cc([N+](=O)[O-])ccc3OC)SC2=S)cc1. The van der Waals surface area contributed by atoms with Crippen molar-refractivity contribution in [1.82, 2.24) is 10.4 Å². The Morgan fingerprint density at radius 3 is 2.50 bits per heavy atom. The number of hydrogen-bond acceptors (Lipinski definition) is 8. The fraction of sp³-hybridized carbons (Fsp3) is 0.105. The molecule has 1 N–H and O–H groups in total. The Bertz CT molecular complexity index is 1070. The number of nitro benzene ring substituents is 1. The monoisotopic (exact) mass is 445 g/mol. The molecule has 1 fully saturated rings. The van der Waals surface area contributed by atoms with E-state index < -0.39 is 16.7 Å². The lowest BCUT2D eigenvalue weighted by Gasteiger charge is -2.15. The molecule has 0 aromatic heterocycles. The molecule has 1 aliphatic rings. The molecular formula is C19H15N3O6S2. The molecule has 30 heavy (non-hydrogen) atoms. The molecule has 11 heteroatoms. The number of rotatable bonds is 6. The molecule has 154 valence electrons. The summed E-state index contributed by atoms with van der Waals surface area (Å²) in [5.41, 5.74) is 2.98. The first-order valence-electron chi connectivity index (χ1n) is 8.39. The molecule has 2 aromatic rings. The number of thioether (sulfide) groups is 1. The number of amides is 2. The van der Waals surface area contributed by atoms with Gasteiger partial charge in [-0.1, -0.05) is 11.8 Å². The molecule has 1 heterocycles. The summed E-state index contributed by atoms with van der Waals surface area (Å²) in [6.45, 7) is 0. The summed E-state index contributed by atoms with van der Waals surface area (Å²) >= 11 is 6.16. The zero-order valence-corrected chi connectivity index (χ0v) is 17.4. The van der Waals surface area contributed by atoms with E-state index in [0.29, 0.717) is 22.6 Å². The number of thiocarbonyl (C=S) groups is 1. The molecule has 1 aliphatic heterocycles. The van der Waals surface area contributed by atoms with Crippen LogP contribution in [0.4, 0.5) is 5.69 Å². The van der Waals surface area contributed by atoms with Crippen LogP contribution >= 0.6 is 24.0 Å². The van der Waals surface area contributed by atoms with Crippen molar-refractivity contribution >= 4 is 51.9 Å². The quantitative estimate of drug-likeness (QED) is 0.312. The normalized spacial score (nSPS) is 14.7. The summed E-state index contributed by atoms with van der Waals surface area (Å²) in [5.74, 6) is -0.136. The Hall–Kier alpha value is -3.44. The van der Waals surface area contributed by atoms with E-state index in [1.54, 1.807) is 24.3 Å². The smallest absolute Gasteiger partial charge is 0.285 e. The molecule has 3 rings (SSSR count). The highest BCUT2D eigenvalue weighted by Crippen LogP contribution is 2.34. The van der Waals surface area contributed by atoms with Crippen LogP contribution in [0, 0.1) is 10.1 Å². The van der Waals surface area contributed by atoms with Gasteiger partial charge in [0.25, 0.3) is 17.5 Å². The third kappa shape index (κ3) is 4.42. The van der Waals surface area contributed by atoms with E-state index in [1.165, 1.54) is 38.5 Å². The van der Waals surface area contributed by atoms with Crippen molar-refractivity contribution in [3.63, 3.8) is 0 Å². The first-order valence-corrected chi connectivity index (χ1v) is 9.62. The number of benzene rings is 2. The number of nitrogens with zero attached hydrogens (tertiary/aromatic N) is 2. The largest absolute Gasteiger partial charge is 0.497 e. The Labute approximate surface area is 180 Å². The summed E-state index contributed by atoms with van der Waals surface area (Å²) in [6, 6.07) is 10.4. The molecule has 0 spiro atoms. The zero-order valence-electron chi connectivity index (χ0n) is 15.8. The predicted molar refractivity (Wildman–Crippen MR) is 115 cm³/mol. The fourth-order valence-electron chi connectivity index (χ4n) is 2.56. The topological polar surface area (TPSA) is 111 Å². The second-order valence-electron chi connectivity index (χ2n) is 5.87. The highest BCUT2D eigenvalue weighted by molar-refractivity contribution is 8.26. The van der Waals surface area contributed by atoms with Crippen LogP contribution in [0.5, 0.6) is 11.5 Å². The van der Waals surface area contributed by atoms with Gasteiger partial charge in [-0.2, -0.15) is 5.01 Å². The van der Waals surface area contributed by atoms with E-state index in [0.717, 1.165) is 16.8 Å². The average molecular weight is 445 g/mol. The van der Waals surface area contributed by atoms with E-state index in [9.17, 15) is 19.7 Å². The molecule has 0 bridgehead atoms. The van der Waals surface area contributed by atoms with Crippen molar-refractivity contribution in [3.05, 3.63) is 68.6 Å². The lowest BCUT2D eigenvalue weighted by atomic mass is 10.1. The molecule has 0 aliphatic carbocycles. The van der Waals surface area contributed by atoms with Gasteiger partial charge in [-0.3, -0.25) is 25.1 Å². The van der Waals surface area contributed by atoms with Gasteiger partial charge < -0.3 is 9.47 Å². The number of nitrogens with one attached hydrogen (secondary N) is 1. The Morgan fingerprint density at radius 1 is 1.20 bits per heavy atom. The van der Waals surface area contributed by atoms with Crippen molar-refractivity contribution in [3.8, 4) is 11.5 Å². The third-order valence-electron chi connectivity index (χ3n) is 4.07.